The molecule has 28 heavy (non-hydrogen) atoms. The van der Waals surface area contributed by atoms with Crippen molar-refractivity contribution in [1.29, 1.82) is 0 Å². The summed E-state index contributed by atoms with van der Waals surface area (Å²) >= 11 is 0. The molecule has 0 saturated carbocycles. The molecule has 2 aromatic carbocycles. The highest BCUT2D eigenvalue weighted by atomic mass is 32.2. The maximum Gasteiger partial charge on any atom is 0.243 e. The molecular weight excluding hydrogens is 381 g/mol. The highest BCUT2D eigenvalue weighted by Gasteiger charge is 2.25. The molecular formula is C20H20FN3O3S. The molecule has 146 valence electrons. The monoisotopic (exact) mass is 401 g/mol. The zero-order valence-electron chi connectivity index (χ0n) is 15.2. The van der Waals surface area contributed by atoms with Crippen molar-refractivity contribution in [2.45, 2.75) is 30.6 Å². The Morgan fingerprint density at radius 1 is 1.04 bits per heavy atom. The van der Waals surface area contributed by atoms with Crippen molar-refractivity contribution >= 4 is 10.0 Å². The van der Waals surface area contributed by atoms with Gasteiger partial charge in [0.05, 0.1) is 11.3 Å². The molecule has 0 spiro atoms. The van der Waals surface area contributed by atoms with E-state index in [0.29, 0.717) is 36.8 Å². The Bertz CT molecular complexity index is 1060. The van der Waals surface area contributed by atoms with Gasteiger partial charge in [-0.25, -0.2) is 12.8 Å². The van der Waals surface area contributed by atoms with Gasteiger partial charge in [0, 0.05) is 18.7 Å². The van der Waals surface area contributed by atoms with Crippen molar-refractivity contribution in [2.75, 3.05) is 13.1 Å². The zero-order valence-corrected chi connectivity index (χ0v) is 16.0. The number of halogens is 1. The molecule has 0 aliphatic carbocycles. The molecule has 1 aromatic heterocycles. The van der Waals surface area contributed by atoms with Crippen LogP contribution in [0.3, 0.4) is 0 Å². The summed E-state index contributed by atoms with van der Waals surface area (Å²) < 4.78 is 45.5. The molecule has 4 rings (SSSR count). The average Bonchev–Trinajstić information content (AvgIpc) is 3.17. The predicted molar refractivity (Wildman–Crippen MR) is 102 cm³/mol. The Balaban J connectivity index is 1.50. The first-order chi connectivity index (χ1) is 13.5. The van der Waals surface area contributed by atoms with Crippen molar-refractivity contribution in [2.24, 2.45) is 0 Å². The molecule has 0 bridgehead atoms. The van der Waals surface area contributed by atoms with Crippen LogP contribution in [0.25, 0.3) is 11.4 Å². The number of nitrogens with zero attached hydrogens (tertiary/aromatic N) is 3. The van der Waals surface area contributed by atoms with Gasteiger partial charge in [-0.2, -0.15) is 9.29 Å². The number of hydrogen-bond acceptors (Lipinski definition) is 5. The van der Waals surface area contributed by atoms with Gasteiger partial charge in [-0.1, -0.05) is 23.7 Å². The van der Waals surface area contributed by atoms with Crippen LogP contribution in [0.15, 0.2) is 57.9 Å². The smallest absolute Gasteiger partial charge is 0.243 e. The lowest BCUT2D eigenvalue weighted by molar-refractivity contribution is 0.346. The third-order valence-electron chi connectivity index (χ3n) is 4.78. The van der Waals surface area contributed by atoms with E-state index in [1.165, 1.54) is 16.4 Å². The lowest BCUT2D eigenvalue weighted by atomic mass is 10.1. The summed E-state index contributed by atoms with van der Waals surface area (Å²) in [6, 6.07) is 12.7. The Morgan fingerprint density at radius 3 is 2.50 bits per heavy atom. The summed E-state index contributed by atoms with van der Waals surface area (Å²) in [5.74, 6) is 0.418. The first kappa shape index (κ1) is 18.8. The second-order valence-electron chi connectivity index (χ2n) is 6.81. The van der Waals surface area contributed by atoms with E-state index in [-0.39, 0.29) is 10.7 Å². The maximum atomic E-state index is 13.3. The third kappa shape index (κ3) is 3.98. The first-order valence-corrected chi connectivity index (χ1v) is 10.6. The fourth-order valence-electron chi connectivity index (χ4n) is 3.30. The number of piperidine rings is 1. The fraction of sp³-hybridized carbons (Fsp3) is 0.300. The van der Waals surface area contributed by atoms with Gasteiger partial charge in [0.1, 0.15) is 5.82 Å². The summed E-state index contributed by atoms with van der Waals surface area (Å²) in [5, 5.41) is 3.95. The Labute approximate surface area is 163 Å². The highest BCUT2D eigenvalue weighted by Crippen LogP contribution is 2.24. The van der Waals surface area contributed by atoms with Crippen molar-refractivity contribution < 1.29 is 17.3 Å². The van der Waals surface area contributed by atoms with Crippen molar-refractivity contribution in [3.05, 3.63) is 65.8 Å². The van der Waals surface area contributed by atoms with Crippen LogP contribution in [0.2, 0.25) is 0 Å². The van der Waals surface area contributed by atoms with Crippen LogP contribution < -0.4 is 0 Å². The molecule has 1 aliphatic heterocycles. The van der Waals surface area contributed by atoms with E-state index in [1.54, 1.807) is 36.4 Å². The van der Waals surface area contributed by atoms with E-state index in [2.05, 4.69) is 10.1 Å². The van der Waals surface area contributed by atoms with Crippen molar-refractivity contribution in [3.63, 3.8) is 0 Å². The molecule has 0 radical (unpaired) electrons. The number of benzene rings is 2. The Kier molecular flexibility index (Phi) is 5.23. The first-order valence-electron chi connectivity index (χ1n) is 9.20. The molecule has 0 unspecified atom stereocenters. The second kappa shape index (κ2) is 7.81. The largest absolute Gasteiger partial charge is 0.339 e. The van der Waals surface area contributed by atoms with Crippen LogP contribution >= 0.6 is 0 Å². The van der Waals surface area contributed by atoms with E-state index in [1.807, 2.05) is 0 Å². The molecule has 1 saturated heterocycles. The Hall–Kier alpha value is -2.58. The van der Waals surface area contributed by atoms with Gasteiger partial charge in [0.15, 0.2) is 0 Å². The average molecular weight is 401 g/mol. The molecule has 0 N–H and O–H groups in total. The summed E-state index contributed by atoms with van der Waals surface area (Å²) in [4.78, 5) is 4.59. The van der Waals surface area contributed by atoms with E-state index in [9.17, 15) is 12.8 Å². The SMILES string of the molecule is O=S(=O)(c1ccc(-c2noc(Cc3cccc(F)c3)n2)cc1)N1CCCCC1. The van der Waals surface area contributed by atoms with E-state index in [4.69, 9.17) is 4.52 Å². The number of sulfonamides is 1. The minimum atomic E-state index is -3.47. The maximum absolute atomic E-state index is 13.3. The van der Waals surface area contributed by atoms with Crippen LogP contribution in [0.1, 0.15) is 30.7 Å². The minimum absolute atomic E-state index is 0.265. The molecule has 8 heteroatoms. The van der Waals surface area contributed by atoms with Gasteiger partial charge in [-0.15, -0.1) is 0 Å². The predicted octanol–water partition coefficient (Wildman–Crippen LogP) is 3.64. The normalized spacial score (nSPS) is 15.6. The van der Waals surface area contributed by atoms with Gasteiger partial charge >= 0.3 is 0 Å². The lowest BCUT2D eigenvalue weighted by Gasteiger charge is -2.25. The molecule has 1 fully saturated rings. The van der Waals surface area contributed by atoms with Crippen molar-refractivity contribution in [1.82, 2.24) is 14.4 Å². The molecule has 6 nitrogen and oxygen atoms in total. The van der Waals surface area contributed by atoms with Crippen LogP contribution in [0, 0.1) is 5.82 Å². The van der Waals surface area contributed by atoms with Crippen LogP contribution in [-0.2, 0) is 16.4 Å². The fourth-order valence-corrected chi connectivity index (χ4v) is 4.81. The topological polar surface area (TPSA) is 76.3 Å². The van der Waals surface area contributed by atoms with E-state index >= 15 is 0 Å². The molecule has 1 aliphatic rings. The second-order valence-corrected chi connectivity index (χ2v) is 8.75. The standard InChI is InChI=1S/C20H20FN3O3S/c21-17-6-4-5-15(13-17)14-19-22-20(23-27-19)16-7-9-18(10-8-16)28(25,26)24-11-2-1-3-12-24/h4-10,13H,1-3,11-12,14H2. The van der Waals surface area contributed by atoms with Gasteiger partial charge in [0.25, 0.3) is 0 Å². The van der Waals surface area contributed by atoms with Crippen molar-refractivity contribution in [3.8, 4) is 11.4 Å². The number of aromatic nitrogens is 2. The van der Waals surface area contributed by atoms with E-state index < -0.39 is 10.0 Å². The molecule has 0 amide bonds. The molecule has 0 atom stereocenters. The minimum Gasteiger partial charge on any atom is -0.339 e. The highest BCUT2D eigenvalue weighted by molar-refractivity contribution is 7.89. The van der Waals surface area contributed by atoms with Gasteiger partial charge in [-0.05, 0) is 54.8 Å². The van der Waals surface area contributed by atoms with Gasteiger partial charge < -0.3 is 4.52 Å². The van der Waals surface area contributed by atoms with Crippen LogP contribution in [0.4, 0.5) is 4.39 Å². The van der Waals surface area contributed by atoms with Gasteiger partial charge in [-0.3, -0.25) is 0 Å². The summed E-state index contributed by atoms with van der Waals surface area (Å²) in [6.07, 6.45) is 3.19. The quantitative estimate of drug-likeness (QED) is 0.652. The third-order valence-corrected chi connectivity index (χ3v) is 6.69. The summed E-state index contributed by atoms with van der Waals surface area (Å²) in [6.45, 7) is 1.14. The molecule has 2 heterocycles. The zero-order chi connectivity index (χ0) is 19.6. The van der Waals surface area contributed by atoms with Gasteiger partial charge in [0.2, 0.25) is 21.7 Å². The number of hydrogen-bond donors (Lipinski definition) is 0. The summed E-state index contributed by atoms with van der Waals surface area (Å²) in [7, 11) is -3.47. The Morgan fingerprint density at radius 2 is 1.79 bits per heavy atom. The number of rotatable bonds is 5. The molecule has 3 aromatic rings. The van der Waals surface area contributed by atoms with Crippen LogP contribution in [-0.4, -0.2) is 36.0 Å². The van der Waals surface area contributed by atoms with E-state index in [0.717, 1.165) is 24.8 Å². The lowest BCUT2D eigenvalue weighted by Crippen LogP contribution is -2.35. The van der Waals surface area contributed by atoms with Crippen LogP contribution in [0.5, 0.6) is 0 Å². The summed E-state index contributed by atoms with van der Waals surface area (Å²) in [5.41, 5.74) is 1.39.